The van der Waals surface area contributed by atoms with Crippen LogP contribution < -0.4 is 17.0 Å². The summed E-state index contributed by atoms with van der Waals surface area (Å²) >= 11 is 0. The summed E-state index contributed by atoms with van der Waals surface area (Å²) in [5.41, 5.74) is 2.86. The third-order valence-electron chi connectivity index (χ3n) is 3.13. The molecule has 3 N–H and O–H groups in total. The second kappa shape index (κ2) is 5.77. The minimum atomic E-state index is -0.561. The zero-order valence-corrected chi connectivity index (χ0v) is 10.3. The maximum absolute atomic E-state index is 11.8. The SMILES string of the molecule is NNOC(=O)CCn1c2c(ccc1=O)C(=O)CCC2. The first-order valence-corrected chi connectivity index (χ1v) is 6.04. The highest BCUT2D eigenvalue weighted by atomic mass is 16.7. The van der Waals surface area contributed by atoms with Crippen LogP contribution in [0.15, 0.2) is 16.9 Å². The largest absolute Gasteiger partial charge is 0.356 e. The highest BCUT2D eigenvalue weighted by molar-refractivity contribution is 5.97. The van der Waals surface area contributed by atoms with Gasteiger partial charge in [-0.2, -0.15) is 0 Å². The van der Waals surface area contributed by atoms with Gasteiger partial charge in [-0.15, -0.1) is 0 Å². The first kappa shape index (κ1) is 13.4. The second-order valence-corrected chi connectivity index (χ2v) is 4.30. The van der Waals surface area contributed by atoms with Crippen LogP contribution in [0.2, 0.25) is 0 Å². The molecule has 0 atom stereocenters. The van der Waals surface area contributed by atoms with Crippen molar-refractivity contribution in [2.75, 3.05) is 0 Å². The van der Waals surface area contributed by atoms with E-state index < -0.39 is 5.97 Å². The van der Waals surface area contributed by atoms with Crippen molar-refractivity contribution in [1.82, 2.24) is 10.2 Å². The molecule has 19 heavy (non-hydrogen) atoms. The van der Waals surface area contributed by atoms with Crippen molar-refractivity contribution < 1.29 is 14.4 Å². The predicted octanol–water partition coefficient (Wildman–Crippen LogP) is -0.321. The molecule has 1 aliphatic carbocycles. The Bertz CT molecular complexity index is 565. The molecule has 0 aromatic carbocycles. The Kier molecular flexibility index (Phi) is 4.08. The van der Waals surface area contributed by atoms with Crippen molar-refractivity contribution in [3.63, 3.8) is 0 Å². The molecule has 1 heterocycles. The number of Topliss-reactive ketones (excluding diaryl/α,β-unsaturated/α-hetero) is 1. The first-order valence-electron chi connectivity index (χ1n) is 6.04. The number of hydrazine groups is 1. The number of hydrogen-bond donors (Lipinski definition) is 2. The number of nitrogens with zero attached hydrogens (tertiary/aromatic N) is 1. The van der Waals surface area contributed by atoms with Gasteiger partial charge in [-0.05, 0) is 18.9 Å². The molecule has 1 aromatic rings. The topological polar surface area (TPSA) is 103 Å². The van der Waals surface area contributed by atoms with E-state index in [1.165, 1.54) is 10.6 Å². The fourth-order valence-electron chi connectivity index (χ4n) is 2.26. The molecule has 0 saturated carbocycles. The molecule has 0 aliphatic heterocycles. The van der Waals surface area contributed by atoms with Crippen LogP contribution in [0.25, 0.3) is 0 Å². The van der Waals surface area contributed by atoms with Crippen LogP contribution in [-0.2, 0) is 22.6 Å². The molecular formula is C12H15N3O4. The molecule has 0 spiro atoms. The van der Waals surface area contributed by atoms with E-state index in [2.05, 4.69) is 4.84 Å². The molecule has 0 radical (unpaired) electrons. The Hall–Kier alpha value is -1.99. The summed E-state index contributed by atoms with van der Waals surface area (Å²) in [5.74, 6) is 4.33. The van der Waals surface area contributed by atoms with E-state index >= 15 is 0 Å². The molecule has 1 aromatic heterocycles. The summed E-state index contributed by atoms with van der Waals surface area (Å²) in [6.45, 7) is 0.176. The fraction of sp³-hybridized carbons (Fsp3) is 0.417. The Labute approximate surface area is 109 Å². The van der Waals surface area contributed by atoms with Crippen LogP contribution in [0.4, 0.5) is 0 Å². The zero-order chi connectivity index (χ0) is 13.8. The minimum Gasteiger partial charge on any atom is -0.356 e. The monoisotopic (exact) mass is 265 g/mol. The lowest BCUT2D eigenvalue weighted by molar-refractivity contribution is -0.151. The molecule has 0 fully saturated rings. The summed E-state index contributed by atoms with van der Waals surface area (Å²) in [5, 5.41) is 0. The molecule has 0 unspecified atom stereocenters. The van der Waals surface area contributed by atoms with Gasteiger partial charge in [0.1, 0.15) is 0 Å². The molecule has 7 nitrogen and oxygen atoms in total. The van der Waals surface area contributed by atoms with Gasteiger partial charge in [0, 0.05) is 30.3 Å². The molecule has 0 bridgehead atoms. The predicted molar refractivity (Wildman–Crippen MR) is 66.0 cm³/mol. The molecule has 0 amide bonds. The van der Waals surface area contributed by atoms with Gasteiger partial charge in [0.2, 0.25) is 0 Å². The lowest BCUT2D eigenvalue weighted by atomic mass is 9.94. The molecule has 2 rings (SSSR count). The van der Waals surface area contributed by atoms with Gasteiger partial charge in [-0.3, -0.25) is 14.4 Å². The third-order valence-corrected chi connectivity index (χ3v) is 3.13. The Morgan fingerprint density at radius 3 is 2.89 bits per heavy atom. The standard InChI is InChI=1S/C12H15N3O4/c13-14-19-12(18)6-7-15-9-2-1-3-10(16)8(9)4-5-11(15)17/h4-5,14H,1-3,6-7,13H2. The van der Waals surface area contributed by atoms with Crippen LogP contribution in [0.3, 0.4) is 0 Å². The zero-order valence-electron chi connectivity index (χ0n) is 10.3. The Morgan fingerprint density at radius 1 is 1.37 bits per heavy atom. The lowest BCUT2D eigenvalue weighted by Gasteiger charge is -2.19. The van der Waals surface area contributed by atoms with Gasteiger partial charge < -0.3 is 9.40 Å². The van der Waals surface area contributed by atoms with Gasteiger partial charge in [0.05, 0.1) is 6.42 Å². The van der Waals surface area contributed by atoms with E-state index in [-0.39, 0.29) is 24.3 Å². The van der Waals surface area contributed by atoms with Crippen molar-refractivity contribution in [1.29, 1.82) is 0 Å². The van der Waals surface area contributed by atoms with E-state index in [1.807, 2.05) is 0 Å². The summed E-state index contributed by atoms with van der Waals surface area (Å²) in [6.07, 6.45) is 1.91. The normalized spacial score (nSPS) is 14.1. The van der Waals surface area contributed by atoms with Crippen molar-refractivity contribution in [2.24, 2.45) is 5.84 Å². The highest BCUT2D eigenvalue weighted by Crippen LogP contribution is 2.19. The second-order valence-electron chi connectivity index (χ2n) is 4.30. The van der Waals surface area contributed by atoms with Crippen molar-refractivity contribution in [2.45, 2.75) is 32.2 Å². The maximum atomic E-state index is 11.8. The average Bonchev–Trinajstić information content (AvgIpc) is 2.38. The van der Waals surface area contributed by atoms with Crippen molar-refractivity contribution in [3.8, 4) is 0 Å². The number of carbonyl (C=O) groups excluding carboxylic acids is 2. The van der Waals surface area contributed by atoms with Gasteiger partial charge in [-0.25, -0.2) is 5.84 Å². The summed E-state index contributed by atoms with van der Waals surface area (Å²) < 4.78 is 1.46. The third kappa shape index (κ3) is 2.88. The molecule has 0 saturated heterocycles. The van der Waals surface area contributed by atoms with Gasteiger partial charge in [0.25, 0.3) is 5.56 Å². The molecule has 1 aliphatic rings. The molecular weight excluding hydrogens is 250 g/mol. The summed E-state index contributed by atoms with van der Waals surface area (Å²) in [4.78, 5) is 39.2. The quantitative estimate of drug-likeness (QED) is 0.571. The molecule has 7 heteroatoms. The van der Waals surface area contributed by atoms with Crippen molar-refractivity contribution in [3.05, 3.63) is 33.7 Å². The number of pyridine rings is 1. The van der Waals surface area contributed by atoms with Gasteiger partial charge in [-0.1, -0.05) is 5.59 Å². The smallest absolute Gasteiger partial charge is 0.328 e. The lowest BCUT2D eigenvalue weighted by Crippen LogP contribution is -2.30. The number of carbonyl (C=O) groups is 2. The van der Waals surface area contributed by atoms with E-state index in [4.69, 9.17) is 5.84 Å². The minimum absolute atomic E-state index is 0.00868. The van der Waals surface area contributed by atoms with Crippen LogP contribution in [-0.4, -0.2) is 16.3 Å². The number of hydrogen-bond acceptors (Lipinski definition) is 6. The Balaban J connectivity index is 2.25. The summed E-state index contributed by atoms with van der Waals surface area (Å²) in [7, 11) is 0. The van der Waals surface area contributed by atoms with Crippen LogP contribution in [0, 0.1) is 0 Å². The summed E-state index contributed by atoms with van der Waals surface area (Å²) in [6, 6.07) is 2.92. The van der Waals surface area contributed by atoms with E-state index in [0.717, 1.165) is 6.42 Å². The highest BCUT2D eigenvalue weighted by Gasteiger charge is 2.20. The number of rotatable bonds is 4. The van der Waals surface area contributed by atoms with Crippen molar-refractivity contribution >= 4 is 11.8 Å². The van der Waals surface area contributed by atoms with Crippen LogP contribution in [0.1, 0.15) is 35.3 Å². The van der Waals surface area contributed by atoms with Crippen LogP contribution in [0.5, 0.6) is 0 Å². The van der Waals surface area contributed by atoms with E-state index in [1.54, 1.807) is 11.7 Å². The van der Waals surface area contributed by atoms with Gasteiger partial charge >= 0.3 is 5.97 Å². The number of nitrogens with two attached hydrogens (primary N) is 1. The number of nitrogens with one attached hydrogen (secondary N) is 1. The first-order chi connectivity index (χ1) is 9.13. The fourth-order valence-corrected chi connectivity index (χ4v) is 2.26. The molecule has 102 valence electrons. The number of aromatic nitrogens is 1. The number of ketones is 1. The van der Waals surface area contributed by atoms with E-state index in [0.29, 0.717) is 24.1 Å². The van der Waals surface area contributed by atoms with Gasteiger partial charge in [0.15, 0.2) is 5.78 Å². The number of fused-ring (bicyclic) bond motifs is 1. The van der Waals surface area contributed by atoms with Crippen LogP contribution >= 0.6 is 0 Å². The Morgan fingerprint density at radius 2 is 2.16 bits per heavy atom. The average molecular weight is 265 g/mol. The van der Waals surface area contributed by atoms with E-state index in [9.17, 15) is 14.4 Å². The maximum Gasteiger partial charge on any atom is 0.328 e.